The molecule has 1 unspecified atom stereocenters. The maximum absolute atomic E-state index is 13.4. The third kappa shape index (κ3) is 2.85. The number of carbonyl (C=O) groups excluding carboxylic acids is 1. The van der Waals surface area contributed by atoms with Crippen LogP contribution in [-0.4, -0.2) is 44.1 Å². The summed E-state index contributed by atoms with van der Waals surface area (Å²) in [5, 5.41) is 14.2. The fourth-order valence-electron chi connectivity index (χ4n) is 3.41. The molecule has 1 N–H and O–H groups in total. The average molecular weight is 357 g/mol. The van der Waals surface area contributed by atoms with Gasteiger partial charge in [-0.15, -0.1) is 0 Å². The summed E-state index contributed by atoms with van der Waals surface area (Å²) < 4.78 is 5.44. The van der Waals surface area contributed by atoms with Crippen molar-refractivity contribution < 1.29 is 19.2 Å². The average Bonchev–Trinajstić information content (AvgIpc) is 3.51. The zero-order valence-corrected chi connectivity index (χ0v) is 15.2. The molecule has 2 aromatic rings. The Morgan fingerprint density at radius 2 is 1.92 bits per heavy atom. The van der Waals surface area contributed by atoms with Crippen LogP contribution in [-0.2, 0) is 4.79 Å². The van der Waals surface area contributed by atoms with Crippen molar-refractivity contribution in [1.82, 2.24) is 15.0 Å². The van der Waals surface area contributed by atoms with E-state index in [4.69, 9.17) is 4.52 Å². The van der Waals surface area contributed by atoms with E-state index in [1.54, 1.807) is 6.92 Å². The molecule has 2 aliphatic carbocycles. The van der Waals surface area contributed by atoms with Gasteiger partial charge in [-0.2, -0.15) is 0 Å². The van der Waals surface area contributed by atoms with Crippen molar-refractivity contribution in [2.75, 3.05) is 0 Å². The van der Waals surface area contributed by atoms with Crippen LogP contribution in [0, 0.1) is 0 Å². The van der Waals surface area contributed by atoms with E-state index in [1.165, 1.54) is 4.90 Å². The number of pyridine rings is 1. The summed E-state index contributed by atoms with van der Waals surface area (Å²) in [6.07, 6.45) is 3.78. The molecule has 1 amide bonds. The minimum absolute atomic E-state index is 0.0106. The molecule has 2 aliphatic rings. The lowest BCUT2D eigenvalue weighted by Crippen LogP contribution is -2.44. The quantitative estimate of drug-likeness (QED) is 0.852. The van der Waals surface area contributed by atoms with E-state index in [2.05, 4.69) is 10.1 Å². The standard InChI is InChI=1S/C19H23N3O4/c1-9(2)16-15-13(8-14(11-4-5-11)20-17(15)26-21-16)18(23)22(12-6-7-12)10(3)19(24)25/h8-12H,4-7H2,1-3H3,(H,24,25). The minimum Gasteiger partial charge on any atom is -0.480 e. The number of carboxylic acids is 1. The number of fused-ring (bicyclic) bond motifs is 1. The molecule has 138 valence electrons. The summed E-state index contributed by atoms with van der Waals surface area (Å²) in [5.74, 6) is -0.832. The van der Waals surface area contributed by atoms with Crippen molar-refractivity contribution >= 4 is 23.0 Å². The van der Waals surface area contributed by atoms with Crippen LogP contribution in [0.2, 0.25) is 0 Å². The van der Waals surface area contributed by atoms with E-state index in [9.17, 15) is 14.7 Å². The molecule has 7 nitrogen and oxygen atoms in total. The van der Waals surface area contributed by atoms with Crippen molar-refractivity contribution in [1.29, 1.82) is 0 Å². The van der Waals surface area contributed by atoms with Crippen LogP contribution in [0.5, 0.6) is 0 Å². The highest BCUT2D eigenvalue weighted by Gasteiger charge is 2.40. The number of nitrogens with zero attached hydrogens (tertiary/aromatic N) is 3. The van der Waals surface area contributed by atoms with Gasteiger partial charge in [0.25, 0.3) is 11.6 Å². The molecule has 2 fully saturated rings. The second-order valence-corrected chi connectivity index (χ2v) is 7.73. The van der Waals surface area contributed by atoms with Gasteiger partial charge in [0.1, 0.15) is 6.04 Å². The van der Waals surface area contributed by atoms with Gasteiger partial charge in [-0.05, 0) is 44.6 Å². The van der Waals surface area contributed by atoms with Crippen LogP contribution in [0.3, 0.4) is 0 Å². The lowest BCUT2D eigenvalue weighted by Gasteiger charge is -2.27. The summed E-state index contributed by atoms with van der Waals surface area (Å²) in [6.45, 7) is 5.54. The highest BCUT2D eigenvalue weighted by Crippen LogP contribution is 2.41. The number of aromatic nitrogens is 2. The molecule has 2 aromatic heterocycles. The lowest BCUT2D eigenvalue weighted by molar-refractivity contribution is -0.141. The first-order valence-corrected chi connectivity index (χ1v) is 9.24. The lowest BCUT2D eigenvalue weighted by atomic mass is 10.0. The van der Waals surface area contributed by atoms with E-state index in [0.717, 1.165) is 31.4 Å². The van der Waals surface area contributed by atoms with Crippen LogP contribution >= 0.6 is 0 Å². The van der Waals surface area contributed by atoms with Gasteiger partial charge in [-0.1, -0.05) is 19.0 Å². The Kier molecular flexibility index (Phi) is 3.97. The second-order valence-electron chi connectivity index (χ2n) is 7.73. The van der Waals surface area contributed by atoms with Gasteiger partial charge in [-0.25, -0.2) is 9.78 Å². The Labute approximate surface area is 151 Å². The number of amides is 1. The SMILES string of the molecule is CC(C)c1noc2nc(C3CC3)cc(C(=O)N(C3CC3)C(C)C(=O)O)c12. The molecule has 0 radical (unpaired) electrons. The van der Waals surface area contributed by atoms with Gasteiger partial charge < -0.3 is 14.5 Å². The summed E-state index contributed by atoms with van der Waals surface area (Å²) in [4.78, 5) is 31.0. The summed E-state index contributed by atoms with van der Waals surface area (Å²) in [7, 11) is 0. The van der Waals surface area contributed by atoms with E-state index in [-0.39, 0.29) is 17.9 Å². The van der Waals surface area contributed by atoms with Crippen molar-refractivity contribution in [2.45, 2.75) is 70.4 Å². The molecule has 7 heteroatoms. The van der Waals surface area contributed by atoms with Gasteiger partial charge in [0.2, 0.25) is 0 Å². The predicted molar refractivity (Wildman–Crippen MR) is 94.2 cm³/mol. The third-order valence-electron chi connectivity index (χ3n) is 5.21. The highest BCUT2D eigenvalue weighted by molar-refractivity contribution is 6.07. The van der Waals surface area contributed by atoms with E-state index < -0.39 is 12.0 Å². The molecule has 0 bridgehead atoms. The number of rotatable bonds is 6. The van der Waals surface area contributed by atoms with Gasteiger partial charge >= 0.3 is 5.97 Å². The van der Waals surface area contributed by atoms with Crippen molar-refractivity contribution in [3.05, 3.63) is 23.0 Å². The Morgan fingerprint density at radius 3 is 2.46 bits per heavy atom. The Bertz CT molecular complexity index is 880. The zero-order valence-electron chi connectivity index (χ0n) is 15.2. The first kappa shape index (κ1) is 17.0. The van der Waals surface area contributed by atoms with Gasteiger partial charge in [0.05, 0.1) is 16.6 Å². The third-order valence-corrected chi connectivity index (χ3v) is 5.21. The molecule has 0 saturated heterocycles. The van der Waals surface area contributed by atoms with Crippen molar-refractivity contribution in [3.8, 4) is 0 Å². The number of carbonyl (C=O) groups is 2. The van der Waals surface area contributed by atoms with E-state index >= 15 is 0 Å². The number of hydrogen-bond donors (Lipinski definition) is 1. The molecular weight excluding hydrogens is 334 g/mol. The minimum atomic E-state index is -0.993. The molecule has 1 atom stereocenters. The van der Waals surface area contributed by atoms with E-state index in [0.29, 0.717) is 28.3 Å². The smallest absolute Gasteiger partial charge is 0.326 e. The summed E-state index contributed by atoms with van der Waals surface area (Å²) in [6, 6.07) is 0.948. The van der Waals surface area contributed by atoms with Gasteiger partial charge in [0, 0.05) is 17.7 Å². The van der Waals surface area contributed by atoms with Crippen LogP contribution in [0.4, 0.5) is 0 Å². The monoisotopic (exact) mass is 357 g/mol. The maximum Gasteiger partial charge on any atom is 0.326 e. The number of carboxylic acid groups (broad SMARTS) is 1. The fourth-order valence-corrected chi connectivity index (χ4v) is 3.41. The molecule has 26 heavy (non-hydrogen) atoms. The summed E-state index contributed by atoms with van der Waals surface area (Å²) >= 11 is 0. The topological polar surface area (TPSA) is 96.5 Å². The van der Waals surface area contributed by atoms with Crippen molar-refractivity contribution in [2.24, 2.45) is 0 Å². The van der Waals surface area contributed by atoms with Gasteiger partial charge in [0.15, 0.2) is 0 Å². The molecule has 4 rings (SSSR count). The molecule has 0 aliphatic heterocycles. The number of hydrogen-bond acceptors (Lipinski definition) is 5. The molecule has 0 aromatic carbocycles. The molecule has 2 heterocycles. The summed E-state index contributed by atoms with van der Waals surface area (Å²) in [5.41, 5.74) is 2.38. The maximum atomic E-state index is 13.4. The van der Waals surface area contributed by atoms with Crippen LogP contribution < -0.4 is 0 Å². The van der Waals surface area contributed by atoms with E-state index in [1.807, 2.05) is 19.9 Å². The Balaban J connectivity index is 1.86. The molecule has 2 saturated carbocycles. The first-order chi connectivity index (χ1) is 12.4. The fraction of sp³-hybridized carbons (Fsp3) is 0.579. The van der Waals surface area contributed by atoms with Crippen molar-refractivity contribution in [3.63, 3.8) is 0 Å². The Morgan fingerprint density at radius 1 is 1.23 bits per heavy atom. The normalized spacial score (nSPS) is 18.3. The molecular formula is C19H23N3O4. The van der Waals surface area contributed by atoms with Gasteiger partial charge in [-0.3, -0.25) is 4.79 Å². The predicted octanol–water partition coefficient (Wildman–Crippen LogP) is 3.30. The number of aliphatic carboxylic acids is 1. The van der Waals surface area contributed by atoms with Crippen LogP contribution in [0.15, 0.2) is 10.6 Å². The molecule has 0 spiro atoms. The first-order valence-electron chi connectivity index (χ1n) is 9.24. The van der Waals surface area contributed by atoms with Crippen LogP contribution in [0.1, 0.15) is 80.0 Å². The largest absolute Gasteiger partial charge is 0.480 e. The highest BCUT2D eigenvalue weighted by atomic mass is 16.5. The Hall–Kier alpha value is -2.44. The van der Waals surface area contributed by atoms with Crippen LogP contribution in [0.25, 0.3) is 11.1 Å². The second kappa shape index (κ2) is 6.07. The zero-order chi connectivity index (χ0) is 18.6.